The van der Waals surface area contributed by atoms with Crippen molar-refractivity contribution in [3.05, 3.63) is 0 Å². The van der Waals surface area contributed by atoms with E-state index < -0.39 is 0 Å². The summed E-state index contributed by atoms with van der Waals surface area (Å²) in [5.74, 6) is 0. The summed E-state index contributed by atoms with van der Waals surface area (Å²) in [7, 11) is 0. The topological polar surface area (TPSA) is 32.6 Å². The van der Waals surface area contributed by atoms with E-state index in [0.717, 1.165) is 5.71 Å². The van der Waals surface area contributed by atoms with Crippen molar-refractivity contribution in [3.8, 4) is 0 Å². The van der Waals surface area contributed by atoms with E-state index in [1.807, 2.05) is 0 Å². The lowest BCUT2D eigenvalue weighted by Crippen LogP contribution is -2.36. The van der Waals surface area contributed by atoms with Crippen LogP contribution in [0.5, 0.6) is 0 Å². The van der Waals surface area contributed by atoms with Crippen LogP contribution in [0.4, 0.5) is 0 Å². The fourth-order valence-corrected chi connectivity index (χ4v) is 3.11. The number of rotatable bonds is 0. The molecule has 12 heavy (non-hydrogen) atoms. The molecule has 0 radical (unpaired) electrons. The average Bonchev–Trinajstić information content (AvgIpc) is 2.14. The first kappa shape index (κ1) is 8.09. The maximum absolute atomic E-state index is 8.99. The van der Waals surface area contributed by atoms with Gasteiger partial charge in [-0.15, -0.1) is 0 Å². The van der Waals surface area contributed by atoms with Crippen LogP contribution in [-0.2, 0) is 0 Å². The summed E-state index contributed by atoms with van der Waals surface area (Å²) in [5, 5.41) is 12.5. The molecule has 2 aliphatic rings. The van der Waals surface area contributed by atoms with E-state index in [-0.39, 0.29) is 10.8 Å². The van der Waals surface area contributed by atoms with E-state index >= 15 is 0 Å². The Kier molecular flexibility index (Phi) is 1.51. The van der Waals surface area contributed by atoms with Gasteiger partial charge >= 0.3 is 0 Å². The molecule has 2 nitrogen and oxygen atoms in total. The SMILES string of the molecule is C[C@]12CCC[C@](C)(CC1)/C2=N/O. The molecule has 0 saturated heterocycles. The van der Waals surface area contributed by atoms with Gasteiger partial charge in [0.15, 0.2) is 0 Å². The van der Waals surface area contributed by atoms with E-state index in [9.17, 15) is 0 Å². The molecule has 0 aromatic heterocycles. The van der Waals surface area contributed by atoms with Crippen LogP contribution in [-0.4, -0.2) is 10.9 Å². The average molecular weight is 167 g/mol. The van der Waals surface area contributed by atoms with Gasteiger partial charge in [0, 0.05) is 10.8 Å². The van der Waals surface area contributed by atoms with Gasteiger partial charge in [-0.1, -0.05) is 25.4 Å². The highest BCUT2D eigenvalue weighted by Gasteiger charge is 2.52. The molecular weight excluding hydrogens is 150 g/mol. The normalized spacial score (nSPS) is 50.0. The number of oxime groups is 1. The molecule has 0 unspecified atom stereocenters. The Morgan fingerprint density at radius 3 is 1.92 bits per heavy atom. The van der Waals surface area contributed by atoms with Crippen LogP contribution < -0.4 is 0 Å². The first-order valence-electron chi connectivity index (χ1n) is 4.84. The molecular formula is C10H17NO. The molecule has 0 aromatic rings. The highest BCUT2D eigenvalue weighted by atomic mass is 16.4. The second kappa shape index (κ2) is 2.24. The molecule has 0 amide bonds. The molecule has 2 aliphatic carbocycles. The van der Waals surface area contributed by atoms with Crippen molar-refractivity contribution < 1.29 is 5.21 Å². The highest BCUT2D eigenvalue weighted by Crippen LogP contribution is 2.55. The minimum atomic E-state index is 0.224. The van der Waals surface area contributed by atoms with Crippen molar-refractivity contribution in [2.24, 2.45) is 16.0 Å². The Bertz CT molecular complexity index is 216. The van der Waals surface area contributed by atoms with Gasteiger partial charge in [-0.25, -0.2) is 0 Å². The lowest BCUT2D eigenvalue weighted by molar-refractivity contribution is 0.280. The highest BCUT2D eigenvalue weighted by molar-refractivity contribution is 5.96. The van der Waals surface area contributed by atoms with Crippen molar-refractivity contribution in [1.82, 2.24) is 0 Å². The predicted octanol–water partition coefficient (Wildman–Crippen LogP) is 2.81. The molecule has 2 rings (SSSR count). The minimum Gasteiger partial charge on any atom is -0.411 e. The smallest absolute Gasteiger partial charge is 0.0688 e. The summed E-state index contributed by atoms with van der Waals surface area (Å²) < 4.78 is 0. The Morgan fingerprint density at radius 1 is 1.08 bits per heavy atom. The summed E-state index contributed by atoms with van der Waals surface area (Å²) in [6.07, 6.45) is 6.14. The minimum absolute atomic E-state index is 0.224. The third-order valence-electron chi connectivity index (χ3n) is 3.93. The zero-order valence-corrected chi connectivity index (χ0v) is 7.93. The molecule has 2 saturated carbocycles. The van der Waals surface area contributed by atoms with Gasteiger partial charge in [-0.3, -0.25) is 0 Å². The molecule has 2 fully saturated rings. The van der Waals surface area contributed by atoms with Crippen molar-refractivity contribution in [2.45, 2.75) is 46.0 Å². The molecule has 0 heterocycles. The van der Waals surface area contributed by atoms with Gasteiger partial charge in [0.05, 0.1) is 5.71 Å². The first-order valence-corrected chi connectivity index (χ1v) is 4.84. The molecule has 0 spiro atoms. The zero-order chi connectivity index (χ0) is 8.82. The summed E-state index contributed by atoms with van der Waals surface area (Å²) in [6.45, 7) is 4.49. The van der Waals surface area contributed by atoms with Crippen molar-refractivity contribution in [3.63, 3.8) is 0 Å². The van der Waals surface area contributed by atoms with Gasteiger partial charge in [-0.05, 0) is 25.7 Å². The van der Waals surface area contributed by atoms with E-state index in [2.05, 4.69) is 19.0 Å². The fourth-order valence-electron chi connectivity index (χ4n) is 3.11. The second-order valence-electron chi connectivity index (χ2n) is 4.92. The van der Waals surface area contributed by atoms with Gasteiger partial charge in [0.25, 0.3) is 0 Å². The van der Waals surface area contributed by atoms with Gasteiger partial charge < -0.3 is 5.21 Å². The van der Waals surface area contributed by atoms with E-state index in [0.29, 0.717) is 0 Å². The van der Waals surface area contributed by atoms with Crippen molar-refractivity contribution in [2.75, 3.05) is 0 Å². The quantitative estimate of drug-likeness (QED) is 0.436. The molecule has 2 atom stereocenters. The van der Waals surface area contributed by atoms with E-state index in [1.54, 1.807) is 0 Å². The van der Waals surface area contributed by atoms with Crippen LogP contribution in [0.3, 0.4) is 0 Å². The summed E-state index contributed by atoms with van der Waals surface area (Å²) in [6, 6.07) is 0. The van der Waals surface area contributed by atoms with Gasteiger partial charge in [0.1, 0.15) is 0 Å². The van der Waals surface area contributed by atoms with Crippen LogP contribution in [0.2, 0.25) is 0 Å². The standard InChI is InChI=1S/C10H17NO/c1-9-4-3-5-10(2,7-6-9)8(9)11-12/h12H,3-7H2,1-2H3/b11-8-/t9-,10+/m1/s1. The molecule has 0 aromatic carbocycles. The van der Waals surface area contributed by atoms with Crippen LogP contribution in [0.1, 0.15) is 46.0 Å². The zero-order valence-electron chi connectivity index (χ0n) is 7.93. The van der Waals surface area contributed by atoms with Crippen LogP contribution in [0, 0.1) is 10.8 Å². The molecule has 1 N–H and O–H groups in total. The number of fused-ring (bicyclic) bond motifs is 2. The third-order valence-corrected chi connectivity index (χ3v) is 3.93. The number of hydrogen-bond acceptors (Lipinski definition) is 2. The predicted molar refractivity (Wildman–Crippen MR) is 48.5 cm³/mol. The van der Waals surface area contributed by atoms with Crippen LogP contribution in [0.15, 0.2) is 5.16 Å². The lowest BCUT2D eigenvalue weighted by Gasteiger charge is -2.35. The summed E-state index contributed by atoms with van der Waals surface area (Å²) in [4.78, 5) is 0. The second-order valence-corrected chi connectivity index (χ2v) is 4.92. The van der Waals surface area contributed by atoms with Gasteiger partial charge in [-0.2, -0.15) is 0 Å². The molecule has 2 heteroatoms. The molecule has 68 valence electrons. The Morgan fingerprint density at radius 2 is 1.58 bits per heavy atom. The van der Waals surface area contributed by atoms with E-state index in [4.69, 9.17) is 5.21 Å². The summed E-state index contributed by atoms with van der Waals surface area (Å²) >= 11 is 0. The molecule has 0 aliphatic heterocycles. The van der Waals surface area contributed by atoms with Crippen molar-refractivity contribution >= 4 is 5.71 Å². The molecule has 2 bridgehead atoms. The Hall–Kier alpha value is -0.530. The number of hydrogen-bond donors (Lipinski definition) is 1. The maximum atomic E-state index is 8.99. The van der Waals surface area contributed by atoms with E-state index in [1.165, 1.54) is 32.1 Å². The largest absolute Gasteiger partial charge is 0.411 e. The maximum Gasteiger partial charge on any atom is 0.0688 e. The van der Waals surface area contributed by atoms with Gasteiger partial charge in [0.2, 0.25) is 0 Å². The van der Waals surface area contributed by atoms with Crippen LogP contribution >= 0.6 is 0 Å². The Labute approximate surface area is 73.7 Å². The van der Waals surface area contributed by atoms with Crippen LogP contribution in [0.25, 0.3) is 0 Å². The lowest BCUT2D eigenvalue weighted by atomic mass is 9.69. The summed E-state index contributed by atoms with van der Waals surface area (Å²) in [5.41, 5.74) is 1.52. The monoisotopic (exact) mass is 167 g/mol. The fraction of sp³-hybridized carbons (Fsp3) is 0.900. The Balaban J connectivity index is 2.42. The number of nitrogens with zero attached hydrogens (tertiary/aromatic N) is 1. The van der Waals surface area contributed by atoms with Crippen molar-refractivity contribution in [1.29, 1.82) is 0 Å². The first-order chi connectivity index (χ1) is 5.61. The third kappa shape index (κ3) is 0.838.